The molecule has 3 nitrogen and oxygen atoms in total. The maximum Gasteiger partial charge on any atom is 0.233 e. The molecule has 1 amide bonds. The molecule has 1 heterocycles. The Balaban J connectivity index is 1.92. The summed E-state index contributed by atoms with van der Waals surface area (Å²) in [4.78, 5) is 11.0. The van der Waals surface area contributed by atoms with E-state index in [2.05, 4.69) is 0 Å². The molecule has 1 aliphatic heterocycles. The van der Waals surface area contributed by atoms with Gasteiger partial charge in [-0.2, -0.15) is 0 Å². The minimum absolute atomic E-state index is 0.137. The van der Waals surface area contributed by atoms with Crippen molar-refractivity contribution in [1.29, 1.82) is 0 Å². The molecule has 1 aromatic carbocycles. The van der Waals surface area contributed by atoms with Gasteiger partial charge in [-0.3, -0.25) is 7.91 Å². The molecule has 0 aliphatic carbocycles. The maximum atomic E-state index is 11.0. The molecule has 1 aromatic rings. The Bertz CT molecular complexity index is 407. The monoisotopic (exact) mass is 371 g/mol. The second-order valence-electron chi connectivity index (χ2n) is 3.48. The number of carbonyl (C=O) groups excluding carboxylic acids is 1. The first kappa shape index (κ1) is 12.3. The highest BCUT2D eigenvalue weighted by Crippen LogP contribution is 2.27. The van der Waals surface area contributed by atoms with Gasteiger partial charge < -0.3 is 4.74 Å². The van der Waals surface area contributed by atoms with Crippen LogP contribution in [0.3, 0.4) is 0 Å². The lowest BCUT2D eigenvalue weighted by Crippen LogP contribution is -2.49. The summed E-state index contributed by atoms with van der Waals surface area (Å²) in [6.45, 7) is 0.464. The molecule has 1 atom stereocenters. The van der Waals surface area contributed by atoms with Crippen molar-refractivity contribution >= 4 is 52.0 Å². The van der Waals surface area contributed by atoms with Crippen LogP contribution < -0.4 is 4.74 Å². The van der Waals surface area contributed by atoms with Crippen LogP contribution in [0.5, 0.6) is 5.75 Å². The van der Waals surface area contributed by atoms with Gasteiger partial charge in [-0.15, -0.1) is 0 Å². The van der Waals surface area contributed by atoms with Gasteiger partial charge in [0.1, 0.15) is 12.4 Å². The fourth-order valence-electron chi connectivity index (χ4n) is 1.39. The molecule has 0 radical (unpaired) electrons. The number of rotatable bonds is 3. The SMILES string of the molecule is O=C1C[C@H](COc2cc(Cl)cc(Cl)c2)N1I. The molecule has 1 saturated heterocycles. The van der Waals surface area contributed by atoms with Gasteiger partial charge in [0.05, 0.1) is 35.3 Å². The zero-order valence-corrected chi connectivity index (χ0v) is 11.8. The van der Waals surface area contributed by atoms with Gasteiger partial charge in [-0.25, -0.2) is 0 Å². The summed E-state index contributed by atoms with van der Waals surface area (Å²) in [5, 5.41) is 1.08. The summed E-state index contributed by atoms with van der Waals surface area (Å²) in [7, 11) is 0. The standard InChI is InChI=1S/C10H8Cl2INO2/c11-6-1-7(12)3-9(2-6)16-5-8-4-10(15)14(8)13/h1-3,8H,4-5H2/t8-/m1/s1. The van der Waals surface area contributed by atoms with Gasteiger partial charge in [-0.1, -0.05) is 23.2 Å². The summed E-state index contributed by atoms with van der Waals surface area (Å²) in [6.07, 6.45) is 0.539. The highest BCUT2D eigenvalue weighted by molar-refractivity contribution is 14.1. The zero-order chi connectivity index (χ0) is 11.7. The van der Waals surface area contributed by atoms with Crippen LogP contribution in [0.15, 0.2) is 18.2 Å². The number of benzene rings is 1. The Kier molecular flexibility index (Phi) is 3.81. The van der Waals surface area contributed by atoms with E-state index in [1.807, 2.05) is 22.9 Å². The number of halogens is 3. The van der Waals surface area contributed by atoms with E-state index in [0.29, 0.717) is 28.8 Å². The van der Waals surface area contributed by atoms with Crippen molar-refractivity contribution in [3.05, 3.63) is 28.2 Å². The van der Waals surface area contributed by atoms with Crippen molar-refractivity contribution in [1.82, 2.24) is 3.11 Å². The van der Waals surface area contributed by atoms with E-state index in [1.54, 1.807) is 21.3 Å². The largest absolute Gasteiger partial charge is 0.491 e. The smallest absolute Gasteiger partial charge is 0.233 e. The normalized spacial score (nSPS) is 19.6. The fourth-order valence-corrected chi connectivity index (χ4v) is 2.45. The Labute approximate surface area is 117 Å². The van der Waals surface area contributed by atoms with E-state index in [4.69, 9.17) is 27.9 Å². The van der Waals surface area contributed by atoms with Crippen LogP contribution in [0.1, 0.15) is 6.42 Å². The Morgan fingerprint density at radius 1 is 1.38 bits per heavy atom. The van der Waals surface area contributed by atoms with Crippen LogP contribution in [0.2, 0.25) is 10.0 Å². The minimum atomic E-state index is 0.137. The highest BCUT2D eigenvalue weighted by atomic mass is 127. The zero-order valence-electron chi connectivity index (χ0n) is 8.12. The predicted octanol–water partition coefficient (Wildman–Crippen LogP) is 3.32. The van der Waals surface area contributed by atoms with Crippen molar-refractivity contribution in [3.8, 4) is 5.75 Å². The molecular formula is C10H8Cl2INO2. The van der Waals surface area contributed by atoms with E-state index < -0.39 is 0 Å². The summed E-state index contributed by atoms with van der Waals surface area (Å²) in [5.74, 6) is 0.764. The number of hydrogen-bond donors (Lipinski definition) is 0. The number of ether oxygens (including phenoxy) is 1. The lowest BCUT2D eigenvalue weighted by atomic mass is 10.1. The third-order valence-electron chi connectivity index (χ3n) is 2.25. The highest BCUT2D eigenvalue weighted by Gasteiger charge is 2.34. The van der Waals surface area contributed by atoms with Gasteiger partial charge >= 0.3 is 0 Å². The quantitative estimate of drug-likeness (QED) is 0.463. The van der Waals surface area contributed by atoms with E-state index in [0.717, 1.165) is 0 Å². The van der Waals surface area contributed by atoms with Gasteiger partial charge in [0.15, 0.2) is 0 Å². The molecule has 0 bridgehead atoms. The molecule has 1 aliphatic rings. The molecule has 0 saturated carbocycles. The van der Waals surface area contributed by atoms with Crippen molar-refractivity contribution < 1.29 is 9.53 Å². The van der Waals surface area contributed by atoms with Gasteiger partial charge in [0.2, 0.25) is 5.91 Å². The van der Waals surface area contributed by atoms with E-state index >= 15 is 0 Å². The molecule has 6 heteroatoms. The van der Waals surface area contributed by atoms with Crippen LogP contribution >= 0.6 is 46.1 Å². The molecule has 16 heavy (non-hydrogen) atoms. The van der Waals surface area contributed by atoms with Crippen LogP contribution in [0.25, 0.3) is 0 Å². The first-order chi connectivity index (χ1) is 7.56. The summed E-state index contributed by atoms with van der Waals surface area (Å²) < 4.78 is 7.17. The summed E-state index contributed by atoms with van der Waals surface area (Å²) >= 11 is 13.7. The lowest BCUT2D eigenvalue weighted by molar-refractivity contribution is -0.136. The van der Waals surface area contributed by atoms with Gasteiger partial charge in [0, 0.05) is 10.0 Å². The average Bonchev–Trinajstić information content (AvgIpc) is 2.22. The summed E-state index contributed by atoms with van der Waals surface area (Å²) in [6, 6.07) is 5.19. The van der Waals surface area contributed by atoms with E-state index in [9.17, 15) is 4.79 Å². The summed E-state index contributed by atoms with van der Waals surface area (Å²) in [5.41, 5.74) is 0. The van der Waals surface area contributed by atoms with Gasteiger partial charge in [0.25, 0.3) is 0 Å². The third kappa shape index (κ3) is 2.73. The third-order valence-corrected chi connectivity index (χ3v) is 4.01. The second-order valence-corrected chi connectivity index (χ2v) is 5.39. The first-order valence-electron chi connectivity index (χ1n) is 4.63. The molecule has 0 N–H and O–H groups in total. The molecule has 1 fully saturated rings. The van der Waals surface area contributed by atoms with Crippen LogP contribution in [0, 0.1) is 0 Å². The molecule has 86 valence electrons. The average molecular weight is 372 g/mol. The minimum Gasteiger partial charge on any atom is -0.491 e. The number of amides is 1. The first-order valence-corrected chi connectivity index (χ1v) is 6.35. The maximum absolute atomic E-state index is 11.0. The van der Waals surface area contributed by atoms with E-state index in [-0.39, 0.29) is 11.9 Å². The Hall–Kier alpha value is -0.200. The van der Waals surface area contributed by atoms with Crippen molar-refractivity contribution in [2.45, 2.75) is 12.5 Å². The Morgan fingerprint density at radius 2 is 2.00 bits per heavy atom. The second kappa shape index (κ2) is 4.98. The number of β-lactam (4-membered cyclic amide) rings is 1. The van der Waals surface area contributed by atoms with Crippen molar-refractivity contribution in [2.24, 2.45) is 0 Å². The topological polar surface area (TPSA) is 29.5 Å². The molecule has 0 unspecified atom stereocenters. The van der Waals surface area contributed by atoms with E-state index in [1.165, 1.54) is 0 Å². The Morgan fingerprint density at radius 3 is 2.50 bits per heavy atom. The molecule has 0 spiro atoms. The number of nitrogens with zero attached hydrogens (tertiary/aromatic N) is 1. The molecule has 0 aromatic heterocycles. The van der Waals surface area contributed by atoms with Crippen LogP contribution in [-0.2, 0) is 4.79 Å². The van der Waals surface area contributed by atoms with Crippen molar-refractivity contribution in [3.63, 3.8) is 0 Å². The molecule has 2 rings (SSSR count). The fraction of sp³-hybridized carbons (Fsp3) is 0.300. The number of hydrogen-bond acceptors (Lipinski definition) is 2. The number of carbonyl (C=O) groups is 1. The van der Waals surface area contributed by atoms with Crippen LogP contribution in [-0.4, -0.2) is 21.7 Å². The van der Waals surface area contributed by atoms with Gasteiger partial charge in [-0.05, 0) is 18.2 Å². The lowest BCUT2D eigenvalue weighted by Gasteiger charge is -2.34. The van der Waals surface area contributed by atoms with Crippen LogP contribution in [0.4, 0.5) is 0 Å². The van der Waals surface area contributed by atoms with Crippen molar-refractivity contribution in [2.75, 3.05) is 6.61 Å². The molecular weight excluding hydrogens is 364 g/mol. The predicted molar refractivity (Wildman–Crippen MR) is 71.2 cm³/mol.